The predicted molar refractivity (Wildman–Crippen MR) is 122 cm³/mol. The molecule has 0 aliphatic carbocycles. The van der Waals surface area contributed by atoms with E-state index in [4.69, 9.17) is 0 Å². The topological polar surface area (TPSA) is 52.6 Å². The minimum Gasteiger partial charge on any atom is -0.387 e. The van der Waals surface area contributed by atoms with Crippen LogP contribution in [0, 0.1) is 19.8 Å². The number of likely N-dealkylation sites (tertiary alicyclic amines) is 1. The minimum absolute atomic E-state index is 0.0872. The molecule has 160 valence electrons. The lowest BCUT2D eigenvalue weighted by Gasteiger charge is -2.33. The number of piperidine rings is 1. The van der Waals surface area contributed by atoms with Crippen LogP contribution in [0.3, 0.4) is 0 Å². The highest BCUT2D eigenvalue weighted by molar-refractivity contribution is 5.94. The van der Waals surface area contributed by atoms with Gasteiger partial charge in [0.2, 0.25) is 5.91 Å². The average molecular weight is 407 g/mol. The summed E-state index contributed by atoms with van der Waals surface area (Å²) in [5, 5.41) is 13.8. The molecule has 2 heterocycles. The van der Waals surface area contributed by atoms with Crippen molar-refractivity contribution in [1.82, 2.24) is 4.90 Å². The number of carbonyl (C=O) groups is 1. The van der Waals surface area contributed by atoms with Gasteiger partial charge >= 0.3 is 0 Å². The number of aryl methyl sites for hydroxylation is 4. The molecular formula is C26H34N2O2. The van der Waals surface area contributed by atoms with Crippen LogP contribution < -0.4 is 5.32 Å². The third-order valence-electron chi connectivity index (χ3n) is 6.93. The van der Waals surface area contributed by atoms with Gasteiger partial charge in [-0.15, -0.1) is 0 Å². The zero-order chi connectivity index (χ0) is 21.1. The number of carbonyl (C=O) groups excluding carboxylic acids is 1. The Balaban J connectivity index is 1.28. The Hall–Kier alpha value is -2.17. The highest BCUT2D eigenvalue weighted by atomic mass is 16.3. The first kappa shape index (κ1) is 21.1. The summed E-state index contributed by atoms with van der Waals surface area (Å²) in [5.41, 5.74) is 7.00. The van der Waals surface area contributed by atoms with E-state index in [1.807, 2.05) is 13.0 Å². The molecule has 1 atom stereocenters. The number of rotatable bonds is 6. The van der Waals surface area contributed by atoms with Gasteiger partial charge in [-0.2, -0.15) is 0 Å². The summed E-state index contributed by atoms with van der Waals surface area (Å²) in [6.45, 7) is 7.04. The molecule has 0 spiro atoms. The maximum Gasteiger partial charge on any atom is 0.224 e. The summed E-state index contributed by atoms with van der Waals surface area (Å²) < 4.78 is 0. The van der Waals surface area contributed by atoms with E-state index in [1.165, 1.54) is 36.8 Å². The monoisotopic (exact) mass is 406 g/mol. The Labute approximate surface area is 180 Å². The molecule has 4 heteroatoms. The average Bonchev–Trinajstić information content (AvgIpc) is 2.74. The summed E-state index contributed by atoms with van der Waals surface area (Å²) in [4.78, 5) is 14.1. The van der Waals surface area contributed by atoms with Crippen LogP contribution in [0.4, 0.5) is 5.69 Å². The number of benzene rings is 2. The number of anilines is 1. The fourth-order valence-corrected chi connectivity index (χ4v) is 4.97. The van der Waals surface area contributed by atoms with Gasteiger partial charge < -0.3 is 15.3 Å². The van der Waals surface area contributed by atoms with Crippen molar-refractivity contribution in [2.45, 2.75) is 58.5 Å². The number of nitrogens with zero attached hydrogens (tertiary/aromatic N) is 1. The number of aliphatic hydroxyl groups excluding tert-OH is 1. The molecule has 1 fully saturated rings. The quantitative estimate of drug-likeness (QED) is 0.739. The first-order valence-corrected chi connectivity index (χ1v) is 11.4. The number of fused-ring (bicyclic) bond motifs is 1. The molecule has 1 amide bonds. The lowest BCUT2D eigenvalue weighted by molar-refractivity contribution is -0.116. The fraction of sp³-hybridized carbons (Fsp3) is 0.500. The summed E-state index contributed by atoms with van der Waals surface area (Å²) in [6, 6.07) is 12.8. The molecule has 2 aromatic carbocycles. The second kappa shape index (κ2) is 9.32. The van der Waals surface area contributed by atoms with Crippen molar-refractivity contribution >= 4 is 11.6 Å². The van der Waals surface area contributed by atoms with E-state index in [0.717, 1.165) is 47.8 Å². The van der Waals surface area contributed by atoms with Gasteiger partial charge in [-0.25, -0.2) is 0 Å². The number of amides is 1. The first-order valence-electron chi connectivity index (χ1n) is 11.4. The van der Waals surface area contributed by atoms with Crippen LogP contribution >= 0.6 is 0 Å². The van der Waals surface area contributed by atoms with Gasteiger partial charge in [0.1, 0.15) is 0 Å². The highest BCUT2D eigenvalue weighted by Gasteiger charge is 2.23. The number of nitrogens with one attached hydrogen (secondary N) is 1. The molecule has 30 heavy (non-hydrogen) atoms. The van der Waals surface area contributed by atoms with Crippen LogP contribution in [-0.4, -0.2) is 35.5 Å². The summed E-state index contributed by atoms with van der Waals surface area (Å²) in [5.74, 6) is 0.872. The van der Waals surface area contributed by atoms with E-state index in [9.17, 15) is 9.90 Å². The van der Waals surface area contributed by atoms with Crippen LogP contribution in [0.2, 0.25) is 0 Å². The van der Waals surface area contributed by atoms with Crippen LogP contribution in [0.1, 0.15) is 59.6 Å². The Morgan fingerprint density at radius 3 is 2.63 bits per heavy atom. The summed E-state index contributed by atoms with van der Waals surface area (Å²) in [7, 11) is 0. The Kier molecular flexibility index (Phi) is 6.55. The van der Waals surface area contributed by atoms with E-state index < -0.39 is 6.10 Å². The van der Waals surface area contributed by atoms with Crippen molar-refractivity contribution < 1.29 is 9.90 Å². The van der Waals surface area contributed by atoms with Crippen molar-refractivity contribution in [1.29, 1.82) is 0 Å². The second-order valence-electron chi connectivity index (χ2n) is 9.15. The van der Waals surface area contributed by atoms with Gasteiger partial charge in [-0.05, 0) is 92.8 Å². The molecule has 2 N–H and O–H groups in total. The van der Waals surface area contributed by atoms with Crippen molar-refractivity contribution in [3.63, 3.8) is 0 Å². The molecule has 0 bridgehead atoms. The van der Waals surface area contributed by atoms with E-state index in [0.29, 0.717) is 13.0 Å². The van der Waals surface area contributed by atoms with Gasteiger partial charge in [-0.3, -0.25) is 4.79 Å². The van der Waals surface area contributed by atoms with Crippen molar-refractivity contribution in [3.05, 3.63) is 64.2 Å². The molecular weight excluding hydrogens is 372 g/mol. The molecule has 2 aromatic rings. The number of aliphatic hydroxyl groups is 1. The van der Waals surface area contributed by atoms with E-state index >= 15 is 0 Å². The van der Waals surface area contributed by atoms with Crippen LogP contribution in [-0.2, 0) is 17.6 Å². The zero-order valence-corrected chi connectivity index (χ0v) is 18.3. The Bertz CT molecular complexity index is 900. The molecule has 1 saturated heterocycles. The third-order valence-corrected chi connectivity index (χ3v) is 6.93. The normalized spacial score (nSPS) is 18.7. The van der Waals surface area contributed by atoms with E-state index in [2.05, 4.69) is 47.5 Å². The maximum absolute atomic E-state index is 11.7. The fourth-order valence-electron chi connectivity index (χ4n) is 4.97. The van der Waals surface area contributed by atoms with Crippen LogP contribution in [0.25, 0.3) is 0 Å². The molecule has 0 saturated carbocycles. The van der Waals surface area contributed by atoms with Crippen LogP contribution in [0.15, 0.2) is 36.4 Å². The standard InChI is InChI=1S/C26H34N2O2/c1-18-5-3-4-6-21(18)8-7-20-11-13-28(14-12-20)17-24(29)23-15-19(2)26-22(16-23)9-10-25(30)27-26/h3-6,15-16,20,24,29H,7-14,17H2,1-2H3,(H,27,30). The molecule has 2 aliphatic rings. The van der Waals surface area contributed by atoms with Crippen LogP contribution in [0.5, 0.6) is 0 Å². The van der Waals surface area contributed by atoms with Gasteiger partial charge in [0.25, 0.3) is 0 Å². The maximum atomic E-state index is 11.7. The van der Waals surface area contributed by atoms with Crippen molar-refractivity contribution in [2.75, 3.05) is 25.0 Å². The summed E-state index contributed by atoms with van der Waals surface area (Å²) in [6.07, 6.45) is 5.68. The molecule has 0 radical (unpaired) electrons. The van der Waals surface area contributed by atoms with Crippen molar-refractivity contribution in [3.8, 4) is 0 Å². The van der Waals surface area contributed by atoms with Gasteiger partial charge in [-0.1, -0.05) is 36.4 Å². The highest BCUT2D eigenvalue weighted by Crippen LogP contribution is 2.31. The minimum atomic E-state index is -0.477. The molecule has 4 nitrogen and oxygen atoms in total. The smallest absolute Gasteiger partial charge is 0.224 e. The molecule has 0 aromatic heterocycles. The number of β-amino-alcohol motifs (C(OH)–C–C–N with tert-alkyl or cyclic N) is 1. The van der Waals surface area contributed by atoms with Gasteiger partial charge in [0.15, 0.2) is 0 Å². The lowest BCUT2D eigenvalue weighted by atomic mass is 9.89. The van der Waals surface area contributed by atoms with Gasteiger partial charge in [0.05, 0.1) is 6.10 Å². The third kappa shape index (κ3) is 4.93. The summed E-state index contributed by atoms with van der Waals surface area (Å²) >= 11 is 0. The largest absolute Gasteiger partial charge is 0.387 e. The molecule has 4 rings (SSSR count). The second-order valence-corrected chi connectivity index (χ2v) is 9.15. The molecule has 1 unspecified atom stereocenters. The Morgan fingerprint density at radius 1 is 1.10 bits per heavy atom. The predicted octanol–water partition coefficient (Wildman–Crippen LogP) is 4.57. The zero-order valence-electron chi connectivity index (χ0n) is 18.3. The Morgan fingerprint density at radius 2 is 1.87 bits per heavy atom. The van der Waals surface area contributed by atoms with E-state index in [-0.39, 0.29) is 5.91 Å². The van der Waals surface area contributed by atoms with Crippen molar-refractivity contribution in [2.24, 2.45) is 5.92 Å². The lowest BCUT2D eigenvalue weighted by Crippen LogP contribution is -2.36. The first-order chi connectivity index (χ1) is 14.5. The number of hydrogen-bond donors (Lipinski definition) is 2. The SMILES string of the molecule is Cc1ccccc1CCC1CCN(CC(O)c2cc(C)c3c(c2)CCC(=O)N3)CC1. The van der Waals surface area contributed by atoms with E-state index in [1.54, 1.807) is 0 Å². The molecule has 2 aliphatic heterocycles. The van der Waals surface area contributed by atoms with Gasteiger partial charge in [0, 0.05) is 18.7 Å². The number of hydrogen-bond acceptors (Lipinski definition) is 3.